The number of rotatable bonds is 9. The van der Waals surface area contributed by atoms with Crippen LogP contribution in [0.15, 0.2) is 11.6 Å². The van der Waals surface area contributed by atoms with Crippen LogP contribution in [0.25, 0.3) is 0 Å². The predicted molar refractivity (Wildman–Crippen MR) is 235 cm³/mol. The molecule has 0 aromatic heterocycles. The van der Waals surface area contributed by atoms with Crippen LogP contribution in [0, 0.1) is 50.2 Å². The van der Waals surface area contributed by atoms with Crippen molar-refractivity contribution in [2.75, 3.05) is 20.3 Å². The lowest BCUT2D eigenvalue weighted by Gasteiger charge is -2.71. The van der Waals surface area contributed by atoms with E-state index in [1.54, 1.807) is 0 Å². The Morgan fingerprint density at radius 1 is 0.647 bits per heavy atom. The molecule has 23 atom stereocenters. The molecule has 0 amide bonds. The van der Waals surface area contributed by atoms with Gasteiger partial charge in [0.15, 0.2) is 18.7 Å². The predicted octanol–water partition coefficient (Wildman–Crippen LogP) is 0.321. The second-order valence-electron chi connectivity index (χ2n) is 23.7. The molecule has 4 saturated carbocycles. The highest BCUT2D eigenvalue weighted by molar-refractivity contribution is 5.79. The fourth-order valence-corrected chi connectivity index (χ4v) is 15.1. The van der Waals surface area contributed by atoms with Gasteiger partial charge in [-0.2, -0.15) is 0 Å². The first kappa shape index (κ1) is 52.4. The molecule has 0 aromatic carbocycles. The topological polar surface area (TPSA) is 301 Å². The Bertz CT molecular complexity index is 1890. The summed E-state index contributed by atoms with van der Waals surface area (Å²) in [7, 11) is 1.12. The maximum atomic E-state index is 14.7. The van der Waals surface area contributed by atoms with Crippen LogP contribution in [-0.4, -0.2) is 182 Å². The number of allylic oxidation sites excluding steroid dienone is 2. The number of aliphatic hydroxyl groups is 10. The lowest BCUT2D eigenvalue weighted by atomic mass is 9.33. The van der Waals surface area contributed by atoms with Crippen molar-refractivity contribution in [3.63, 3.8) is 0 Å². The molecule has 3 heterocycles. The zero-order chi connectivity index (χ0) is 49.8. The molecule has 0 unspecified atom stereocenters. The van der Waals surface area contributed by atoms with Crippen molar-refractivity contribution in [1.82, 2.24) is 0 Å². The van der Waals surface area contributed by atoms with Crippen molar-refractivity contribution in [2.45, 2.75) is 211 Å². The van der Waals surface area contributed by atoms with Crippen molar-refractivity contribution in [1.29, 1.82) is 0 Å². The van der Waals surface area contributed by atoms with Crippen molar-refractivity contribution >= 4 is 11.9 Å². The van der Waals surface area contributed by atoms with Crippen LogP contribution in [0.4, 0.5) is 0 Å². The second-order valence-corrected chi connectivity index (χ2v) is 23.7. The van der Waals surface area contributed by atoms with Crippen LogP contribution < -0.4 is 0 Å². The summed E-state index contributed by atoms with van der Waals surface area (Å²) in [4.78, 5) is 27.6. The lowest BCUT2D eigenvalue weighted by Crippen LogP contribution is -2.67. The van der Waals surface area contributed by atoms with Gasteiger partial charge < -0.3 is 84.2 Å². The summed E-state index contributed by atoms with van der Waals surface area (Å²) in [6.45, 7) is 14.6. The van der Waals surface area contributed by atoms with E-state index in [1.807, 2.05) is 0 Å². The maximum absolute atomic E-state index is 14.7. The molecular formula is C49H78O19. The number of carbonyl (C=O) groups is 2. The van der Waals surface area contributed by atoms with Crippen LogP contribution in [0.2, 0.25) is 0 Å². The summed E-state index contributed by atoms with van der Waals surface area (Å²) >= 11 is 0. The number of esters is 2. The summed E-state index contributed by atoms with van der Waals surface area (Å²) < 4.78 is 41.0. The van der Waals surface area contributed by atoms with Gasteiger partial charge in [0, 0.05) is 0 Å². The molecule has 68 heavy (non-hydrogen) atoms. The molecule has 5 aliphatic carbocycles. The minimum absolute atomic E-state index is 0.0770. The average molecular weight is 971 g/mol. The molecule has 0 bridgehead atoms. The molecule has 3 saturated heterocycles. The van der Waals surface area contributed by atoms with E-state index in [1.165, 1.54) is 5.57 Å². The van der Waals surface area contributed by atoms with E-state index in [-0.39, 0.29) is 39.4 Å². The molecule has 0 aromatic rings. The molecule has 0 spiro atoms. The van der Waals surface area contributed by atoms with E-state index < -0.39 is 134 Å². The highest BCUT2D eigenvalue weighted by Crippen LogP contribution is 2.76. The quantitative estimate of drug-likeness (QED) is 0.0846. The molecular weight excluding hydrogens is 893 g/mol. The lowest BCUT2D eigenvalue weighted by molar-refractivity contribution is -0.374. The fraction of sp³-hybridized carbons (Fsp3) is 0.918. The van der Waals surface area contributed by atoms with Gasteiger partial charge in [0.05, 0.1) is 31.8 Å². The smallest absolute Gasteiger partial charge is 0.337 e. The van der Waals surface area contributed by atoms with Crippen molar-refractivity contribution in [2.24, 2.45) is 50.2 Å². The first-order valence-corrected chi connectivity index (χ1v) is 24.7. The first-order chi connectivity index (χ1) is 31.8. The number of hydrogen-bond acceptors (Lipinski definition) is 19. The number of fused-ring (bicyclic) bond motifs is 7. The third kappa shape index (κ3) is 8.13. The number of methoxy groups -OCH3 is 1. The Labute approximate surface area is 398 Å². The highest BCUT2D eigenvalue weighted by atomic mass is 16.8. The SMILES string of the molecule is COC(=O)[C@H]1O[C@H](O[C@@H]2CC[C@]3(C)[C@H](CC[C@]4(C)[C@H]3CC=C3[C@@H]5CC(C)(C)CC[C@@]5(C(=O)O[C@H]5O[C@H](CO)[C@H](O)[C@@H](O)[C@@H]5O)CC[C@@]34C)C2(C)C)[C@@H](O[C@@H]2O[C@@H](CO)[C@@H](O)[C@@H](O)[C@@H]2O)[C@@H](O)[C@H]1O. The van der Waals surface area contributed by atoms with Crippen LogP contribution >= 0.6 is 0 Å². The number of carbonyl (C=O) groups excluding carboxylic acids is 2. The third-order valence-electron chi connectivity index (χ3n) is 19.5. The minimum atomic E-state index is -1.85. The molecule has 10 N–H and O–H groups in total. The maximum Gasteiger partial charge on any atom is 0.337 e. The van der Waals surface area contributed by atoms with Crippen LogP contribution in [-0.2, 0) is 42.7 Å². The van der Waals surface area contributed by atoms with Crippen LogP contribution in [0.3, 0.4) is 0 Å². The van der Waals surface area contributed by atoms with Crippen molar-refractivity contribution in [3.8, 4) is 0 Å². The average Bonchev–Trinajstić information content (AvgIpc) is 3.29. The van der Waals surface area contributed by atoms with Crippen LogP contribution in [0.5, 0.6) is 0 Å². The van der Waals surface area contributed by atoms with E-state index in [4.69, 9.17) is 33.2 Å². The first-order valence-electron chi connectivity index (χ1n) is 24.7. The number of aliphatic hydroxyl groups excluding tert-OH is 10. The summed E-state index contributed by atoms with van der Waals surface area (Å²) in [5.74, 6) is -1.30. The Balaban J connectivity index is 1.05. The second kappa shape index (κ2) is 18.5. The van der Waals surface area contributed by atoms with Gasteiger partial charge >= 0.3 is 11.9 Å². The van der Waals surface area contributed by atoms with E-state index >= 15 is 0 Å². The number of ether oxygens (including phenoxy) is 7. The summed E-state index contributed by atoms with van der Waals surface area (Å²) in [6.07, 6.45) is -15.5. The molecule has 8 rings (SSSR count). The van der Waals surface area contributed by atoms with Gasteiger partial charge in [-0.1, -0.05) is 60.1 Å². The van der Waals surface area contributed by atoms with E-state index in [0.29, 0.717) is 25.7 Å². The van der Waals surface area contributed by atoms with Gasteiger partial charge in [-0.3, -0.25) is 4.79 Å². The minimum Gasteiger partial charge on any atom is -0.467 e. The van der Waals surface area contributed by atoms with Crippen LogP contribution in [0.1, 0.15) is 113 Å². The molecule has 7 fully saturated rings. The molecule has 0 radical (unpaired) electrons. The Kier molecular flexibility index (Phi) is 14.3. The molecule has 19 heteroatoms. The zero-order valence-corrected chi connectivity index (χ0v) is 40.7. The van der Waals surface area contributed by atoms with Gasteiger partial charge in [-0.25, -0.2) is 4.79 Å². The largest absolute Gasteiger partial charge is 0.467 e. The molecule has 19 nitrogen and oxygen atoms in total. The molecule has 3 aliphatic heterocycles. The van der Waals surface area contributed by atoms with E-state index in [0.717, 1.165) is 45.6 Å². The van der Waals surface area contributed by atoms with Gasteiger partial charge in [0.25, 0.3) is 0 Å². The summed E-state index contributed by atoms with van der Waals surface area (Å²) in [5, 5.41) is 106. The van der Waals surface area contributed by atoms with Crippen molar-refractivity contribution in [3.05, 3.63) is 11.6 Å². The summed E-state index contributed by atoms with van der Waals surface area (Å²) in [5.41, 5.74) is -0.950. The number of hydrogen-bond donors (Lipinski definition) is 10. The van der Waals surface area contributed by atoms with Gasteiger partial charge in [-0.05, 0) is 109 Å². The van der Waals surface area contributed by atoms with Crippen molar-refractivity contribution < 1.29 is 93.8 Å². The van der Waals surface area contributed by atoms with E-state index in [2.05, 4.69) is 54.5 Å². The monoisotopic (exact) mass is 971 g/mol. The van der Waals surface area contributed by atoms with Gasteiger partial charge in [0.1, 0.15) is 67.1 Å². The molecule has 8 aliphatic rings. The Morgan fingerprint density at radius 2 is 1.25 bits per heavy atom. The zero-order valence-electron chi connectivity index (χ0n) is 40.7. The van der Waals surface area contributed by atoms with Gasteiger partial charge in [0.2, 0.25) is 6.29 Å². The fourth-order valence-electron chi connectivity index (χ4n) is 15.1. The Hall–Kier alpha value is -1.92. The highest BCUT2D eigenvalue weighted by Gasteiger charge is 2.70. The summed E-state index contributed by atoms with van der Waals surface area (Å²) in [6, 6.07) is 0. The normalized spacial score (nSPS) is 52.0. The third-order valence-corrected chi connectivity index (χ3v) is 19.5. The van der Waals surface area contributed by atoms with Gasteiger partial charge in [-0.15, -0.1) is 0 Å². The standard InChI is InChI=1S/C49H78O19/c1-44(2)15-17-49(43(61)68-41-36(59)32(55)30(53)25(21-51)64-41)18-16-47(6)22(23(49)19-44)9-10-27-46(5)13-12-28(45(3,4)26(46)11-14-48(27,47)7)65-42-38(34(57)33(56)37(66-42)39(60)62-8)67-40-35(58)31(54)29(52)24(20-50)63-40/h9,23-38,40-42,50-59H,10-21H2,1-8H3/t23-,24-,25+,26+,27-,28+,29+,30-,31+,32+,33+,34-,35-,36-,37-,38-,40-,41+,42-,46+,47-,48+,49+/m0/s1. The van der Waals surface area contributed by atoms with E-state index in [9.17, 15) is 60.7 Å². The molecule has 388 valence electrons. The Morgan fingerprint density at radius 3 is 1.87 bits per heavy atom.